The van der Waals surface area contributed by atoms with Crippen molar-refractivity contribution in [1.29, 1.82) is 0 Å². The van der Waals surface area contributed by atoms with Gasteiger partial charge in [-0.3, -0.25) is 4.79 Å². The topological polar surface area (TPSA) is 31.2 Å². The molecule has 0 aromatic carbocycles. The highest BCUT2D eigenvalue weighted by molar-refractivity contribution is 6.76. The molecule has 0 aliphatic carbocycles. The quantitative estimate of drug-likeness (QED) is 0.568. The molecule has 0 spiro atoms. The Morgan fingerprint density at radius 3 is 2.40 bits per heavy atom. The Hall–Kier alpha value is -0.873. The van der Waals surface area contributed by atoms with Gasteiger partial charge < -0.3 is 9.30 Å². The Labute approximate surface area is 91.7 Å². The van der Waals surface area contributed by atoms with Crippen LogP contribution in [0.2, 0.25) is 25.7 Å². The molecule has 84 valence electrons. The molecule has 0 aliphatic rings. The summed E-state index contributed by atoms with van der Waals surface area (Å²) < 4.78 is 7.40. The fourth-order valence-corrected chi connectivity index (χ4v) is 1.83. The van der Waals surface area contributed by atoms with Gasteiger partial charge in [0, 0.05) is 39.2 Å². The lowest BCUT2D eigenvalue weighted by molar-refractivity contribution is 0.0868. The Morgan fingerprint density at radius 2 is 1.87 bits per heavy atom. The van der Waals surface area contributed by atoms with Gasteiger partial charge in [-0.2, -0.15) is 0 Å². The molecule has 1 rings (SSSR count). The van der Waals surface area contributed by atoms with E-state index in [0.29, 0.717) is 6.73 Å². The first-order valence-corrected chi connectivity index (χ1v) is 8.92. The van der Waals surface area contributed by atoms with E-state index in [4.69, 9.17) is 4.74 Å². The number of pyridine rings is 1. The molecular formula is C11H19NO2Si. The number of ether oxygens (including phenoxy) is 1. The van der Waals surface area contributed by atoms with Crippen LogP contribution in [-0.4, -0.2) is 19.2 Å². The third kappa shape index (κ3) is 5.54. The first-order chi connectivity index (χ1) is 6.97. The molecule has 3 nitrogen and oxygen atoms in total. The molecule has 0 aliphatic heterocycles. The molecule has 0 radical (unpaired) electrons. The van der Waals surface area contributed by atoms with Crippen LogP contribution in [-0.2, 0) is 11.5 Å². The summed E-state index contributed by atoms with van der Waals surface area (Å²) in [6, 6.07) is 4.26. The fourth-order valence-electron chi connectivity index (χ4n) is 1.08. The minimum Gasteiger partial charge on any atom is -0.361 e. The monoisotopic (exact) mass is 225 g/mol. The first-order valence-electron chi connectivity index (χ1n) is 5.21. The molecule has 0 saturated heterocycles. The van der Waals surface area contributed by atoms with E-state index in [1.54, 1.807) is 24.5 Å². The molecule has 15 heavy (non-hydrogen) atoms. The van der Waals surface area contributed by atoms with Gasteiger partial charge in [0.2, 0.25) is 0 Å². The second-order valence-corrected chi connectivity index (χ2v) is 10.5. The molecule has 1 aromatic rings. The van der Waals surface area contributed by atoms with Crippen LogP contribution in [0.3, 0.4) is 0 Å². The van der Waals surface area contributed by atoms with Gasteiger partial charge in [-0.25, -0.2) is 0 Å². The van der Waals surface area contributed by atoms with Crippen LogP contribution in [0.25, 0.3) is 0 Å². The summed E-state index contributed by atoms with van der Waals surface area (Å²) >= 11 is 0. The zero-order chi connectivity index (χ0) is 11.3. The number of aromatic nitrogens is 1. The number of rotatable bonds is 5. The summed E-state index contributed by atoms with van der Waals surface area (Å²) in [5.74, 6) is 0. The molecule has 0 saturated carbocycles. The van der Waals surface area contributed by atoms with Crippen LogP contribution in [0.15, 0.2) is 29.3 Å². The number of nitrogens with zero attached hydrogens (tertiary/aromatic N) is 1. The molecule has 0 N–H and O–H groups in total. The standard InChI is InChI=1S/C11H19NO2Si/c1-15(2,3)9-8-14-10-12-6-4-11(13)5-7-12/h4-7H,8-10H2,1-3H3. The highest BCUT2D eigenvalue weighted by Crippen LogP contribution is 2.07. The Morgan fingerprint density at radius 1 is 1.27 bits per heavy atom. The Balaban J connectivity index is 2.26. The maximum absolute atomic E-state index is 10.8. The van der Waals surface area contributed by atoms with Gasteiger partial charge in [0.1, 0.15) is 6.73 Å². The van der Waals surface area contributed by atoms with Gasteiger partial charge in [-0.1, -0.05) is 19.6 Å². The van der Waals surface area contributed by atoms with Gasteiger partial charge >= 0.3 is 0 Å². The second kappa shape index (κ2) is 5.28. The highest BCUT2D eigenvalue weighted by atomic mass is 28.3. The van der Waals surface area contributed by atoms with E-state index in [2.05, 4.69) is 19.6 Å². The van der Waals surface area contributed by atoms with Crippen molar-refractivity contribution in [3.63, 3.8) is 0 Å². The average Bonchev–Trinajstić information content (AvgIpc) is 2.14. The number of hydrogen-bond donors (Lipinski definition) is 0. The maximum Gasteiger partial charge on any atom is 0.181 e. The zero-order valence-corrected chi connectivity index (χ0v) is 10.7. The smallest absolute Gasteiger partial charge is 0.181 e. The SMILES string of the molecule is C[Si](C)(C)CCOCn1ccc(=O)cc1. The van der Waals surface area contributed by atoms with Gasteiger partial charge in [-0.15, -0.1) is 0 Å². The van der Waals surface area contributed by atoms with E-state index >= 15 is 0 Å². The van der Waals surface area contributed by atoms with Crippen molar-refractivity contribution in [3.8, 4) is 0 Å². The van der Waals surface area contributed by atoms with Crippen molar-refractivity contribution in [2.45, 2.75) is 32.4 Å². The summed E-state index contributed by atoms with van der Waals surface area (Å²) in [6.45, 7) is 8.33. The van der Waals surface area contributed by atoms with E-state index in [0.717, 1.165) is 6.61 Å². The van der Waals surface area contributed by atoms with Crippen molar-refractivity contribution in [1.82, 2.24) is 4.57 Å². The van der Waals surface area contributed by atoms with Gasteiger partial charge in [-0.05, 0) is 6.04 Å². The van der Waals surface area contributed by atoms with Crippen molar-refractivity contribution in [2.24, 2.45) is 0 Å². The lowest BCUT2D eigenvalue weighted by Crippen LogP contribution is -2.22. The van der Waals surface area contributed by atoms with E-state index in [9.17, 15) is 4.79 Å². The predicted molar refractivity (Wildman–Crippen MR) is 64.8 cm³/mol. The minimum atomic E-state index is -0.989. The fraction of sp³-hybridized carbons (Fsp3) is 0.545. The molecule has 1 heterocycles. The van der Waals surface area contributed by atoms with Crippen LogP contribution in [0.1, 0.15) is 0 Å². The van der Waals surface area contributed by atoms with E-state index < -0.39 is 8.07 Å². The lowest BCUT2D eigenvalue weighted by Gasteiger charge is -2.15. The molecule has 0 atom stereocenters. The summed E-state index contributed by atoms with van der Waals surface area (Å²) in [7, 11) is -0.989. The first kappa shape index (κ1) is 12.2. The van der Waals surface area contributed by atoms with E-state index in [1.807, 2.05) is 4.57 Å². The van der Waals surface area contributed by atoms with E-state index in [-0.39, 0.29) is 5.43 Å². The molecule has 4 heteroatoms. The van der Waals surface area contributed by atoms with Crippen LogP contribution in [0.4, 0.5) is 0 Å². The Kier molecular flexibility index (Phi) is 4.29. The Bertz CT molecular complexity index is 334. The number of hydrogen-bond acceptors (Lipinski definition) is 2. The van der Waals surface area contributed by atoms with Crippen LogP contribution >= 0.6 is 0 Å². The third-order valence-corrected chi connectivity index (χ3v) is 3.80. The minimum absolute atomic E-state index is 0.0355. The van der Waals surface area contributed by atoms with Crippen molar-refractivity contribution >= 4 is 8.07 Å². The molecule has 1 aromatic heterocycles. The summed E-state index contributed by atoms with van der Waals surface area (Å²) in [5, 5.41) is 0. The van der Waals surface area contributed by atoms with Crippen molar-refractivity contribution < 1.29 is 4.74 Å². The van der Waals surface area contributed by atoms with Gasteiger partial charge in [0.25, 0.3) is 0 Å². The summed E-state index contributed by atoms with van der Waals surface area (Å²) in [6.07, 6.45) is 3.49. The maximum atomic E-state index is 10.8. The highest BCUT2D eigenvalue weighted by Gasteiger charge is 2.11. The molecule has 0 bridgehead atoms. The largest absolute Gasteiger partial charge is 0.361 e. The molecule has 0 fully saturated rings. The molecule has 0 amide bonds. The van der Waals surface area contributed by atoms with Gasteiger partial charge in [0.05, 0.1) is 0 Å². The van der Waals surface area contributed by atoms with Crippen LogP contribution in [0, 0.1) is 0 Å². The molecule has 0 unspecified atom stereocenters. The van der Waals surface area contributed by atoms with E-state index in [1.165, 1.54) is 6.04 Å². The summed E-state index contributed by atoms with van der Waals surface area (Å²) in [4.78, 5) is 10.8. The normalized spacial score (nSPS) is 11.7. The van der Waals surface area contributed by atoms with Gasteiger partial charge in [0.15, 0.2) is 5.43 Å². The second-order valence-electron chi connectivity index (χ2n) is 4.90. The predicted octanol–water partition coefficient (Wildman–Crippen LogP) is 2.16. The van der Waals surface area contributed by atoms with Crippen molar-refractivity contribution in [3.05, 3.63) is 34.7 Å². The zero-order valence-electron chi connectivity index (χ0n) is 9.69. The summed E-state index contributed by atoms with van der Waals surface area (Å²) in [5.41, 5.74) is 0.0355. The van der Waals surface area contributed by atoms with Crippen LogP contribution < -0.4 is 5.43 Å². The van der Waals surface area contributed by atoms with Crippen LogP contribution in [0.5, 0.6) is 0 Å². The average molecular weight is 225 g/mol. The van der Waals surface area contributed by atoms with Crippen molar-refractivity contribution in [2.75, 3.05) is 6.61 Å². The molecular weight excluding hydrogens is 206 g/mol. The third-order valence-electron chi connectivity index (χ3n) is 2.10. The lowest BCUT2D eigenvalue weighted by atomic mass is 10.5.